The van der Waals surface area contributed by atoms with E-state index < -0.39 is 0 Å². The van der Waals surface area contributed by atoms with Gasteiger partial charge in [0.1, 0.15) is 0 Å². The molecule has 0 aromatic carbocycles. The van der Waals surface area contributed by atoms with Gasteiger partial charge in [-0.2, -0.15) is 0 Å². The zero-order valence-corrected chi connectivity index (χ0v) is 7.47. The van der Waals surface area contributed by atoms with Crippen molar-refractivity contribution in [2.45, 2.75) is 39.0 Å². The van der Waals surface area contributed by atoms with E-state index in [1.165, 1.54) is 37.7 Å². The van der Waals surface area contributed by atoms with Crippen molar-refractivity contribution in [2.24, 2.45) is 5.92 Å². The maximum Gasteiger partial charge on any atom is -0.0203 e. The van der Waals surface area contributed by atoms with E-state index in [1.54, 1.807) is 0 Å². The van der Waals surface area contributed by atoms with Gasteiger partial charge in [-0.25, -0.2) is 0 Å². The monoisotopic (exact) mass is 150 g/mol. The van der Waals surface area contributed by atoms with Gasteiger partial charge in [0, 0.05) is 0 Å². The van der Waals surface area contributed by atoms with Crippen molar-refractivity contribution in [1.82, 2.24) is 0 Å². The number of rotatable bonds is 2. The lowest BCUT2D eigenvalue weighted by Gasteiger charge is -2.21. The Bertz CT molecular complexity index is 147. The van der Waals surface area contributed by atoms with Gasteiger partial charge in [-0.3, -0.25) is 0 Å². The molecule has 0 N–H and O–H groups in total. The summed E-state index contributed by atoms with van der Waals surface area (Å²) in [5.41, 5.74) is 1.53. The normalized spacial score (nSPS) is 21.7. The van der Waals surface area contributed by atoms with Crippen LogP contribution in [0, 0.1) is 5.92 Å². The van der Waals surface area contributed by atoms with E-state index in [1.807, 2.05) is 6.08 Å². The lowest BCUT2D eigenvalue weighted by atomic mass is 9.84. The van der Waals surface area contributed by atoms with Crippen LogP contribution in [0.2, 0.25) is 0 Å². The Hall–Kier alpha value is -0.520. The number of hydrogen-bond acceptors (Lipinski definition) is 0. The van der Waals surface area contributed by atoms with Crippen molar-refractivity contribution >= 4 is 0 Å². The third kappa shape index (κ3) is 2.53. The molecule has 1 rings (SSSR count). The van der Waals surface area contributed by atoms with E-state index in [9.17, 15) is 0 Å². The Morgan fingerprint density at radius 1 is 1.27 bits per heavy atom. The molecule has 0 spiro atoms. The largest absolute Gasteiger partial charge is 0.0991 e. The van der Waals surface area contributed by atoms with E-state index in [0.717, 1.165) is 5.92 Å². The van der Waals surface area contributed by atoms with Gasteiger partial charge in [0.15, 0.2) is 0 Å². The molecular weight excluding hydrogens is 132 g/mol. The molecule has 1 aliphatic rings. The van der Waals surface area contributed by atoms with Crippen molar-refractivity contribution in [3.05, 3.63) is 24.3 Å². The highest BCUT2D eigenvalue weighted by Gasteiger charge is 2.13. The Morgan fingerprint density at radius 3 is 2.45 bits per heavy atom. The van der Waals surface area contributed by atoms with Crippen LogP contribution in [0.15, 0.2) is 24.3 Å². The zero-order chi connectivity index (χ0) is 8.10. The molecule has 0 saturated heterocycles. The molecule has 1 saturated carbocycles. The standard InChI is InChI=1S/C11H18/c1-3-7-10(2)11-8-5-4-6-9-11/h3,7,11H,1,4-6,8-9H2,2H3. The van der Waals surface area contributed by atoms with E-state index in [-0.39, 0.29) is 0 Å². The fourth-order valence-corrected chi connectivity index (χ4v) is 1.88. The third-order valence-electron chi connectivity index (χ3n) is 2.63. The Balaban J connectivity index is 2.44. The minimum absolute atomic E-state index is 0.863. The topological polar surface area (TPSA) is 0 Å². The van der Waals surface area contributed by atoms with Crippen LogP contribution in [0.25, 0.3) is 0 Å². The second kappa shape index (κ2) is 4.38. The molecular formula is C11H18. The summed E-state index contributed by atoms with van der Waals surface area (Å²) in [6.45, 7) is 5.95. The summed E-state index contributed by atoms with van der Waals surface area (Å²) in [5, 5.41) is 0. The van der Waals surface area contributed by atoms with Crippen LogP contribution in [-0.4, -0.2) is 0 Å². The average Bonchev–Trinajstić information content (AvgIpc) is 2.07. The van der Waals surface area contributed by atoms with Gasteiger partial charge in [-0.1, -0.05) is 43.6 Å². The molecule has 0 unspecified atom stereocenters. The summed E-state index contributed by atoms with van der Waals surface area (Å²) in [5.74, 6) is 0.863. The summed E-state index contributed by atoms with van der Waals surface area (Å²) in [6.07, 6.45) is 11.2. The van der Waals surface area contributed by atoms with E-state index in [0.29, 0.717) is 0 Å². The van der Waals surface area contributed by atoms with Crippen LogP contribution >= 0.6 is 0 Å². The van der Waals surface area contributed by atoms with Gasteiger partial charge >= 0.3 is 0 Å². The summed E-state index contributed by atoms with van der Waals surface area (Å²) < 4.78 is 0. The van der Waals surface area contributed by atoms with Crippen molar-refractivity contribution in [3.63, 3.8) is 0 Å². The summed E-state index contributed by atoms with van der Waals surface area (Å²) in [6, 6.07) is 0. The van der Waals surface area contributed by atoms with Crippen molar-refractivity contribution in [1.29, 1.82) is 0 Å². The molecule has 0 radical (unpaired) electrons. The molecule has 0 aromatic heterocycles. The van der Waals surface area contributed by atoms with E-state index >= 15 is 0 Å². The fourth-order valence-electron chi connectivity index (χ4n) is 1.88. The summed E-state index contributed by atoms with van der Waals surface area (Å²) >= 11 is 0. The minimum atomic E-state index is 0.863. The van der Waals surface area contributed by atoms with Gasteiger partial charge in [0.25, 0.3) is 0 Å². The second-order valence-electron chi connectivity index (χ2n) is 3.48. The average molecular weight is 150 g/mol. The van der Waals surface area contributed by atoms with Crippen molar-refractivity contribution in [2.75, 3.05) is 0 Å². The molecule has 0 aromatic rings. The molecule has 0 heterocycles. The molecule has 1 aliphatic carbocycles. The highest BCUT2D eigenvalue weighted by atomic mass is 14.2. The quantitative estimate of drug-likeness (QED) is 0.526. The molecule has 0 bridgehead atoms. The first kappa shape index (κ1) is 8.58. The number of allylic oxidation sites excluding steroid dienone is 3. The second-order valence-corrected chi connectivity index (χ2v) is 3.48. The van der Waals surface area contributed by atoms with E-state index in [2.05, 4.69) is 19.6 Å². The maximum atomic E-state index is 3.72. The fraction of sp³-hybridized carbons (Fsp3) is 0.636. The van der Waals surface area contributed by atoms with E-state index in [4.69, 9.17) is 0 Å². The number of hydrogen-bond donors (Lipinski definition) is 0. The van der Waals surface area contributed by atoms with Crippen LogP contribution < -0.4 is 0 Å². The minimum Gasteiger partial charge on any atom is -0.0991 e. The first-order chi connectivity index (χ1) is 5.34. The zero-order valence-electron chi connectivity index (χ0n) is 7.47. The maximum absolute atomic E-state index is 3.72. The smallest absolute Gasteiger partial charge is 0.0203 e. The SMILES string of the molecule is C=CC=C(C)C1CCCCC1. The predicted molar refractivity (Wildman–Crippen MR) is 50.5 cm³/mol. The Morgan fingerprint density at radius 2 is 1.91 bits per heavy atom. The van der Waals surface area contributed by atoms with Crippen LogP contribution in [0.1, 0.15) is 39.0 Å². The van der Waals surface area contributed by atoms with Gasteiger partial charge in [-0.15, -0.1) is 0 Å². The van der Waals surface area contributed by atoms with Crippen LogP contribution in [-0.2, 0) is 0 Å². The van der Waals surface area contributed by atoms with Crippen LogP contribution in [0.3, 0.4) is 0 Å². The van der Waals surface area contributed by atoms with Gasteiger partial charge in [0.05, 0.1) is 0 Å². The Labute approximate surface area is 70.0 Å². The lowest BCUT2D eigenvalue weighted by Crippen LogP contribution is -2.06. The highest BCUT2D eigenvalue weighted by Crippen LogP contribution is 2.29. The van der Waals surface area contributed by atoms with Gasteiger partial charge in [0.2, 0.25) is 0 Å². The molecule has 0 atom stereocenters. The lowest BCUT2D eigenvalue weighted by molar-refractivity contribution is 0.403. The molecule has 62 valence electrons. The van der Waals surface area contributed by atoms with Crippen molar-refractivity contribution in [3.8, 4) is 0 Å². The highest BCUT2D eigenvalue weighted by molar-refractivity contribution is 5.11. The Kier molecular flexibility index (Phi) is 3.41. The van der Waals surface area contributed by atoms with Crippen LogP contribution in [0.5, 0.6) is 0 Å². The van der Waals surface area contributed by atoms with Gasteiger partial charge in [-0.05, 0) is 25.7 Å². The van der Waals surface area contributed by atoms with Gasteiger partial charge < -0.3 is 0 Å². The molecule has 11 heavy (non-hydrogen) atoms. The summed E-state index contributed by atoms with van der Waals surface area (Å²) in [7, 11) is 0. The predicted octanol–water partition coefficient (Wildman–Crippen LogP) is 3.70. The third-order valence-corrected chi connectivity index (χ3v) is 2.63. The first-order valence-electron chi connectivity index (χ1n) is 4.64. The molecule has 0 nitrogen and oxygen atoms in total. The van der Waals surface area contributed by atoms with Crippen LogP contribution in [0.4, 0.5) is 0 Å². The van der Waals surface area contributed by atoms with Crippen molar-refractivity contribution < 1.29 is 0 Å². The molecule has 0 heteroatoms. The molecule has 0 aliphatic heterocycles. The first-order valence-corrected chi connectivity index (χ1v) is 4.64. The molecule has 1 fully saturated rings. The summed E-state index contributed by atoms with van der Waals surface area (Å²) in [4.78, 5) is 0. The molecule has 0 amide bonds.